The maximum absolute atomic E-state index is 14.0. The Bertz CT molecular complexity index is 1470. The van der Waals surface area contributed by atoms with Gasteiger partial charge in [-0.15, -0.1) is 0 Å². The number of hydrogen-bond donors (Lipinski definition) is 2. The summed E-state index contributed by atoms with van der Waals surface area (Å²) in [7, 11) is -4.44. The van der Waals surface area contributed by atoms with Gasteiger partial charge in [0.2, 0.25) is 0 Å². The van der Waals surface area contributed by atoms with Gasteiger partial charge in [0.25, 0.3) is 15.6 Å². The van der Waals surface area contributed by atoms with Crippen molar-refractivity contribution in [2.45, 2.75) is 11.4 Å². The highest BCUT2D eigenvalue weighted by Crippen LogP contribution is 2.26. The number of rotatable bonds is 5. The molecule has 31 heavy (non-hydrogen) atoms. The maximum atomic E-state index is 14.0. The second-order valence-electron chi connectivity index (χ2n) is 6.69. The summed E-state index contributed by atoms with van der Waals surface area (Å²) in [4.78, 5) is 11.5. The van der Waals surface area contributed by atoms with Gasteiger partial charge in [-0.25, -0.2) is 21.6 Å². The Morgan fingerprint density at radius 1 is 0.968 bits per heavy atom. The van der Waals surface area contributed by atoms with Crippen LogP contribution in [0.3, 0.4) is 0 Å². The van der Waals surface area contributed by atoms with E-state index in [1.165, 1.54) is 35.0 Å². The summed E-state index contributed by atoms with van der Waals surface area (Å²) < 4.78 is 69.1. The monoisotopic (exact) mass is 467 g/mol. The minimum absolute atomic E-state index is 0.00243. The van der Waals surface area contributed by atoms with E-state index in [1.54, 1.807) is 12.1 Å². The van der Waals surface area contributed by atoms with Gasteiger partial charge in [0.15, 0.2) is 0 Å². The maximum Gasteiger partial charge on any atom is 0.272 e. The van der Waals surface area contributed by atoms with Gasteiger partial charge in [-0.1, -0.05) is 23.7 Å². The van der Waals surface area contributed by atoms with E-state index in [-0.39, 0.29) is 23.4 Å². The molecule has 0 atom stereocenters. The smallest absolute Gasteiger partial charge is 0.272 e. The molecular formula is C20H13ClF3N3O3S. The number of anilines is 1. The van der Waals surface area contributed by atoms with Gasteiger partial charge in [-0.05, 0) is 42.0 Å². The van der Waals surface area contributed by atoms with Crippen molar-refractivity contribution in [2.75, 3.05) is 4.72 Å². The van der Waals surface area contributed by atoms with E-state index in [0.29, 0.717) is 17.6 Å². The highest BCUT2D eigenvalue weighted by Gasteiger charge is 2.22. The van der Waals surface area contributed by atoms with Crippen LogP contribution in [0.1, 0.15) is 5.56 Å². The van der Waals surface area contributed by atoms with Crippen molar-refractivity contribution in [1.82, 2.24) is 9.78 Å². The van der Waals surface area contributed by atoms with Gasteiger partial charge in [0, 0.05) is 11.8 Å². The first-order valence-electron chi connectivity index (χ1n) is 8.78. The molecule has 0 aliphatic heterocycles. The number of benzene rings is 3. The van der Waals surface area contributed by atoms with Gasteiger partial charge in [0.1, 0.15) is 22.3 Å². The fourth-order valence-corrected chi connectivity index (χ4v) is 4.44. The summed E-state index contributed by atoms with van der Waals surface area (Å²) in [6.07, 6.45) is 0. The second-order valence-corrected chi connectivity index (χ2v) is 8.75. The van der Waals surface area contributed by atoms with Crippen LogP contribution in [0.15, 0.2) is 64.3 Å². The van der Waals surface area contributed by atoms with Crippen LogP contribution in [0.4, 0.5) is 18.9 Å². The van der Waals surface area contributed by atoms with Crippen molar-refractivity contribution in [3.8, 4) is 0 Å². The zero-order valence-electron chi connectivity index (χ0n) is 15.5. The number of nitrogens with zero attached hydrogens (tertiary/aromatic N) is 1. The third-order valence-corrected chi connectivity index (χ3v) is 6.22. The van der Waals surface area contributed by atoms with E-state index in [0.717, 1.165) is 5.56 Å². The summed E-state index contributed by atoms with van der Waals surface area (Å²) >= 11 is 5.57. The van der Waals surface area contributed by atoms with Crippen LogP contribution in [-0.4, -0.2) is 18.2 Å². The summed E-state index contributed by atoms with van der Waals surface area (Å²) in [6.45, 7) is 0.253. The molecule has 0 spiro atoms. The zero-order chi connectivity index (χ0) is 22.3. The second kappa shape index (κ2) is 7.78. The molecule has 0 saturated carbocycles. The predicted octanol–water partition coefficient (Wildman–Crippen LogP) is 4.25. The highest BCUT2D eigenvalue weighted by molar-refractivity contribution is 7.92. The Labute approximate surface area is 178 Å². The van der Waals surface area contributed by atoms with Crippen molar-refractivity contribution in [2.24, 2.45) is 0 Å². The molecule has 0 bridgehead atoms. The first kappa shape index (κ1) is 21.0. The Hall–Kier alpha value is -3.24. The number of sulfonamides is 1. The Morgan fingerprint density at radius 2 is 1.68 bits per heavy atom. The van der Waals surface area contributed by atoms with E-state index in [1.807, 2.05) is 0 Å². The lowest BCUT2D eigenvalue weighted by Gasteiger charge is -2.10. The summed E-state index contributed by atoms with van der Waals surface area (Å²) in [6, 6.07) is 11.0. The molecule has 1 aromatic heterocycles. The summed E-state index contributed by atoms with van der Waals surface area (Å²) in [5, 5.41) is 2.26. The molecular weight excluding hydrogens is 455 g/mol. The Kier molecular flexibility index (Phi) is 5.28. The third kappa shape index (κ3) is 4.17. The topological polar surface area (TPSA) is 84.0 Å². The van der Waals surface area contributed by atoms with Gasteiger partial charge in [-0.2, -0.15) is 0 Å². The number of nitrogens with one attached hydrogen (secondary N) is 2. The molecule has 0 radical (unpaired) electrons. The largest absolute Gasteiger partial charge is 0.280 e. The lowest BCUT2D eigenvalue weighted by atomic mass is 10.2. The van der Waals surface area contributed by atoms with E-state index >= 15 is 0 Å². The number of hydrogen-bond acceptors (Lipinski definition) is 3. The van der Waals surface area contributed by atoms with Crippen LogP contribution in [0, 0.1) is 17.5 Å². The van der Waals surface area contributed by atoms with Crippen LogP contribution < -0.4 is 10.3 Å². The van der Waals surface area contributed by atoms with Gasteiger partial charge in [-0.3, -0.25) is 19.3 Å². The average molecular weight is 468 g/mol. The minimum Gasteiger partial charge on any atom is -0.280 e. The molecule has 4 aromatic rings. The van der Waals surface area contributed by atoms with Crippen molar-refractivity contribution >= 4 is 38.2 Å². The summed E-state index contributed by atoms with van der Waals surface area (Å²) in [5.41, 5.74) is 0.739. The molecule has 0 amide bonds. The van der Waals surface area contributed by atoms with Crippen molar-refractivity contribution in [3.63, 3.8) is 0 Å². The zero-order valence-corrected chi connectivity index (χ0v) is 17.1. The molecule has 0 aliphatic rings. The quantitative estimate of drug-likeness (QED) is 0.430. The fourth-order valence-electron chi connectivity index (χ4n) is 3.08. The molecule has 2 N–H and O–H groups in total. The van der Waals surface area contributed by atoms with Gasteiger partial charge < -0.3 is 0 Å². The van der Waals surface area contributed by atoms with Crippen LogP contribution in [0.25, 0.3) is 10.9 Å². The molecule has 1 heterocycles. The number of halogens is 4. The lowest BCUT2D eigenvalue weighted by Crippen LogP contribution is -2.15. The molecule has 160 valence electrons. The third-order valence-electron chi connectivity index (χ3n) is 4.54. The van der Waals surface area contributed by atoms with Gasteiger partial charge in [0.05, 0.1) is 22.5 Å². The van der Waals surface area contributed by atoms with Crippen LogP contribution in [0.2, 0.25) is 5.02 Å². The summed E-state index contributed by atoms with van der Waals surface area (Å²) in [5.74, 6) is -2.78. The molecule has 0 fully saturated rings. The van der Waals surface area contributed by atoms with Crippen molar-refractivity contribution in [3.05, 3.63) is 93.0 Å². The molecule has 3 aromatic carbocycles. The lowest BCUT2D eigenvalue weighted by molar-refractivity contribution is 0.551. The molecule has 0 unspecified atom stereocenters. The highest BCUT2D eigenvalue weighted by atomic mass is 35.5. The van der Waals surface area contributed by atoms with E-state index in [4.69, 9.17) is 11.6 Å². The van der Waals surface area contributed by atoms with Crippen LogP contribution in [-0.2, 0) is 16.6 Å². The van der Waals surface area contributed by atoms with Crippen LogP contribution in [0.5, 0.6) is 0 Å². The first-order valence-corrected chi connectivity index (χ1v) is 10.6. The predicted molar refractivity (Wildman–Crippen MR) is 110 cm³/mol. The van der Waals surface area contributed by atoms with Crippen LogP contribution >= 0.6 is 11.6 Å². The number of fused-ring (bicyclic) bond motifs is 1. The van der Waals surface area contributed by atoms with Gasteiger partial charge >= 0.3 is 0 Å². The number of aromatic amines is 1. The minimum atomic E-state index is -4.44. The van der Waals surface area contributed by atoms with E-state index in [9.17, 15) is 26.4 Å². The van der Waals surface area contributed by atoms with E-state index in [2.05, 4.69) is 9.82 Å². The first-order chi connectivity index (χ1) is 14.6. The molecule has 11 heteroatoms. The Balaban J connectivity index is 1.67. The molecule has 0 saturated heterocycles. The number of aromatic nitrogens is 2. The van der Waals surface area contributed by atoms with Crippen molar-refractivity contribution < 1.29 is 21.6 Å². The molecule has 4 rings (SSSR count). The SMILES string of the molecule is O=c1[nH]n(Cc2ccc(F)cc2)c2ccc(NS(=O)(=O)c3cc(Cl)c(F)cc3F)cc12. The normalized spacial score (nSPS) is 11.7. The average Bonchev–Trinajstić information content (AvgIpc) is 3.01. The standard InChI is InChI=1S/C20H13ClF3N3O3S/c21-15-8-19(17(24)9-16(15)23)31(29,30)26-13-5-6-18-14(7-13)20(28)25-27(18)10-11-1-3-12(22)4-2-11/h1-9,26H,10H2,(H,25,28). The number of H-pyrrole nitrogens is 1. The Morgan fingerprint density at radius 3 is 2.39 bits per heavy atom. The molecule has 6 nitrogen and oxygen atoms in total. The van der Waals surface area contributed by atoms with Crippen molar-refractivity contribution in [1.29, 1.82) is 0 Å². The van der Waals surface area contributed by atoms with E-state index < -0.39 is 37.1 Å². The molecule has 0 aliphatic carbocycles. The fraction of sp³-hybridized carbons (Fsp3) is 0.0500.